The second-order valence-corrected chi connectivity index (χ2v) is 5.21. The average Bonchev–Trinajstić information content (AvgIpc) is 1.99. The van der Waals surface area contributed by atoms with Gasteiger partial charge in [-0.3, -0.25) is 0 Å². The number of benzene rings is 1. The summed E-state index contributed by atoms with van der Waals surface area (Å²) in [7, 11) is 0. The van der Waals surface area contributed by atoms with E-state index in [1.54, 1.807) is 0 Å². The van der Waals surface area contributed by atoms with Gasteiger partial charge in [-0.05, 0) is 48.1 Å². The highest BCUT2D eigenvalue weighted by atomic mass is 32.1. The summed E-state index contributed by atoms with van der Waals surface area (Å²) in [6, 6.07) is 4.17. The fraction of sp³-hybridized carbons (Fsp3) is 0.538. The van der Waals surface area contributed by atoms with Crippen molar-refractivity contribution in [2.24, 2.45) is 0 Å². The molecule has 0 bridgehead atoms. The minimum atomic E-state index is 0.188. The molecule has 0 saturated heterocycles. The summed E-state index contributed by atoms with van der Waals surface area (Å²) in [6.45, 7) is 11.0. The molecule has 2 heteroatoms. The van der Waals surface area contributed by atoms with Crippen LogP contribution in [0.5, 0.6) is 5.75 Å². The van der Waals surface area contributed by atoms with Crippen molar-refractivity contribution in [3.05, 3.63) is 28.8 Å². The van der Waals surface area contributed by atoms with Crippen molar-refractivity contribution in [1.82, 2.24) is 0 Å². The number of thiol groups is 1. The Bertz CT molecular complexity index is 327. The first-order valence-corrected chi connectivity index (χ1v) is 5.85. The zero-order chi connectivity index (χ0) is 11.6. The molecule has 0 aromatic heterocycles. The lowest BCUT2D eigenvalue weighted by molar-refractivity contribution is 0.393. The molecule has 0 atom stereocenters. The number of ether oxygens (including phenoxy) is 1. The number of hydrogen-bond donors (Lipinski definition) is 1. The van der Waals surface area contributed by atoms with E-state index in [0.29, 0.717) is 5.94 Å². The van der Waals surface area contributed by atoms with E-state index < -0.39 is 0 Å². The van der Waals surface area contributed by atoms with Crippen molar-refractivity contribution in [3.8, 4) is 5.75 Å². The van der Waals surface area contributed by atoms with Crippen LogP contribution in [0.4, 0.5) is 0 Å². The van der Waals surface area contributed by atoms with Crippen molar-refractivity contribution >= 4 is 12.6 Å². The van der Waals surface area contributed by atoms with E-state index in [0.717, 1.165) is 5.75 Å². The maximum Gasteiger partial charge on any atom is 0.131 e. The first kappa shape index (κ1) is 12.4. The Hall–Kier alpha value is -0.630. The Morgan fingerprint density at radius 3 is 1.93 bits per heavy atom. The predicted molar refractivity (Wildman–Crippen MR) is 69.1 cm³/mol. The third-order valence-electron chi connectivity index (χ3n) is 2.49. The van der Waals surface area contributed by atoms with Crippen molar-refractivity contribution in [2.75, 3.05) is 5.94 Å². The summed E-state index contributed by atoms with van der Waals surface area (Å²) < 4.78 is 5.40. The first-order valence-electron chi connectivity index (χ1n) is 5.21. The van der Waals surface area contributed by atoms with Gasteiger partial charge >= 0.3 is 0 Å². The Kier molecular flexibility index (Phi) is 3.72. The van der Waals surface area contributed by atoms with Gasteiger partial charge in [-0.25, -0.2) is 0 Å². The summed E-state index contributed by atoms with van der Waals surface area (Å²) in [5.74, 6) is 1.33. The van der Waals surface area contributed by atoms with Crippen LogP contribution in [-0.4, -0.2) is 5.94 Å². The Balaban J connectivity index is 3.22. The minimum Gasteiger partial charge on any atom is -0.483 e. The molecule has 0 saturated carbocycles. The van der Waals surface area contributed by atoms with Crippen LogP contribution >= 0.6 is 12.6 Å². The molecule has 1 nitrogen and oxygen atoms in total. The Morgan fingerprint density at radius 2 is 1.60 bits per heavy atom. The molecule has 0 spiro atoms. The molecule has 1 aromatic carbocycles. The fourth-order valence-corrected chi connectivity index (χ4v) is 2.41. The SMILES string of the molecule is Cc1cc(OCS)cc(C)c1C(C)(C)C. The van der Waals surface area contributed by atoms with Crippen LogP contribution in [0.1, 0.15) is 37.5 Å². The molecule has 84 valence electrons. The monoisotopic (exact) mass is 224 g/mol. The average molecular weight is 224 g/mol. The van der Waals surface area contributed by atoms with Crippen LogP contribution in [0, 0.1) is 13.8 Å². The van der Waals surface area contributed by atoms with Gasteiger partial charge in [0.25, 0.3) is 0 Å². The van der Waals surface area contributed by atoms with Gasteiger partial charge in [-0.15, -0.1) is 12.6 Å². The van der Waals surface area contributed by atoms with Crippen molar-refractivity contribution < 1.29 is 4.74 Å². The molecule has 0 aliphatic rings. The molecule has 0 aliphatic heterocycles. The molecule has 1 rings (SSSR count). The summed E-state index contributed by atoms with van der Waals surface area (Å²) >= 11 is 4.06. The lowest BCUT2D eigenvalue weighted by atomic mass is 9.81. The summed E-state index contributed by atoms with van der Waals surface area (Å²) in [4.78, 5) is 0. The lowest BCUT2D eigenvalue weighted by Gasteiger charge is -2.24. The highest BCUT2D eigenvalue weighted by Crippen LogP contribution is 2.31. The van der Waals surface area contributed by atoms with E-state index >= 15 is 0 Å². The number of aryl methyl sites for hydroxylation is 2. The molecule has 0 radical (unpaired) electrons. The van der Waals surface area contributed by atoms with Gasteiger partial charge in [0.2, 0.25) is 0 Å². The second-order valence-electron chi connectivity index (χ2n) is 4.96. The zero-order valence-corrected chi connectivity index (χ0v) is 11.1. The van der Waals surface area contributed by atoms with Crippen molar-refractivity contribution in [2.45, 2.75) is 40.0 Å². The van der Waals surface area contributed by atoms with Gasteiger partial charge in [0.05, 0.1) is 0 Å². The molecule has 0 amide bonds. The zero-order valence-electron chi connectivity index (χ0n) is 10.2. The highest BCUT2D eigenvalue weighted by molar-refractivity contribution is 7.80. The smallest absolute Gasteiger partial charge is 0.131 e. The molecule has 0 fully saturated rings. The Morgan fingerprint density at radius 1 is 1.13 bits per heavy atom. The third-order valence-corrected chi connectivity index (χ3v) is 2.62. The van der Waals surface area contributed by atoms with E-state index in [2.05, 4.69) is 59.4 Å². The topological polar surface area (TPSA) is 9.23 Å². The van der Waals surface area contributed by atoms with Crippen LogP contribution in [-0.2, 0) is 5.41 Å². The van der Waals surface area contributed by atoms with Crippen molar-refractivity contribution in [1.29, 1.82) is 0 Å². The van der Waals surface area contributed by atoms with Crippen LogP contribution in [0.15, 0.2) is 12.1 Å². The number of hydrogen-bond acceptors (Lipinski definition) is 2. The van der Waals surface area contributed by atoms with Gasteiger partial charge in [0.15, 0.2) is 0 Å². The van der Waals surface area contributed by atoms with Crippen LogP contribution in [0.25, 0.3) is 0 Å². The Labute approximate surface area is 98.3 Å². The maximum atomic E-state index is 5.40. The van der Waals surface area contributed by atoms with E-state index in [1.807, 2.05) is 0 Å². The van der Waals surface area contributed by atoms with Crippen LogP contribution < -0.4 is 4.74 Å². The van der Waals surface area contributed by atoms with Crippen molar-refractivity contribution in [3.63, 3.8) is 0 Å². The van der Waals surface area contributed by atoms with E-state index in [9.17, 15) is 0 Å². The van der Waals surface area contributed by atoms with E-state index in [1.165, 1.54) is 16.7 Å². The van der Waals surface area contributed by atoms with Gasteiger partial charge < -0.3 is 4.74 Å². The van der Waals surface area contributed by atoms with Crippen LogP contribution in [0.2, 0.25) is 0 Å². The molecular weight excluding hydrogens is 204 g/mol. The molecule has 0 aliphatic carbocycles. The molecular formula is C13H20OS. The molecule has 15 heavy (non-hydrogen) atoms. The summed E-state index contributed by atoms with van der Waals surface area (Å²) in [6.07, 6.45) is 0. The molecule has 1 aromatic rings. The first-order chi connectivity index (χ1) is 6.86. The standard InChI is InChI=1S/C13H20OS/c1-9-6-11(14-8-15)7-10(2)12(9)13(3,4)5/h6-7,15H,8H2,1-5H3. The second kappa shape index (κ2) is 4.48. The molecule has 0 heterocycles. The third kappa shape index (κ3) is 2.91. The molecule has 0 unspecified atom stereocenters. The quantitative estimate of drug-likeness (QED) is 0.592. The van der Waals surface area contributed by atoms with E-state index in [4.69, 9.17) is 4.74 Å². The predicted octanol–water partition coefficient (Wildman–Crippen LogP) is 3.87. The fourth-order valence-electron chi connectivity index (χ4n) is 2.26. The lowest BCUT2D eigenvalue weighted by Crippen LogP contribution is -2.15. The van der Waals surface area contributed by atoms with Gasteiger partial charge in [-0.2, -0.15) is 0 Å². The largest absolute Gasteiger partial charge is 0.483 e. The minimum absolute atomic E-state index is 0.188. The van der Waals surface area contributed by atoms with Gasteiger partial charge in [-0.1, -0.05) is 20.8 Å². The maximum absolute atomic E-state index is 5.40. The summed E-state index contributed by atoms with van der Waals surface area (Å²) in [5, 5.41) is 0. The van der Waals surface area contributed by atoms with Gasteiger partial charge in [0.1, 0.15) is 11.7 Å². The summed E-state index contributed by atoms with van der Waals surface area (Å²) in [5.41, 5.74) is 4.18. The van der Waals surface area contributed by atoms with Crippen LogP contribution in [0.3, 0.4) is 0 Å². The highest BCUT2D eigenvalue weighted by Gasteiger charge is 2.19. The number of rotatable bonds is 2. The van der Waals surface area contributed by atoms with Gasteiger partial charge in [0, 0.05) is 0 Å². The molecule has 0 N–H and O–H groups in total. The van der Waals surface area contributed by atoms with E-state index in [-0.39, 0.29) is 5.41 Å². The normalized spacial score (nSPS) is 11.6.